The van der Waals surface area contributed by atoms with Crippen molar-refractivity contribution >= 4 is 5.69 Å². The molecule has 4 nitrogen and oxygen atoms in total. The third-order valence-electron chi connectivity index (χ3n) is 13.5. The van der Waals surface area contributed by atoms with Crippen molar-refractivity contribution in [1.29, 1.82) is 0 Å². The number of hydrogen-bond donors (Lipinski definition) is 2. The summed E-state index contributed by atoms with van der Waals surface area (Å²) in [5.74, 6) is 2.29. The third-order valence-corrected chi connectivity index (χ3v) is 13.5. The summed E-state index contributed by atoms with van der Waals surface area (Å²) >= 11 is 0. The zero-order valence-electron chi connectivity index (χ0n) is 43.2. The molecule has 0 amide bonds. The van der Waals surface area contributed by atoms with Crippen molar-refractivity contribution in [3.05, 3.63) is 147 Å². The Labute approximate surface area is 399 Å². The Morgan fingerprint density at radius 1 is 0.470 bits per heavy atom. The Balaban J connectivity index is 1.77. The van der Waals surface area contributed by atoms with Crippen molar-refractivity contribution < 1.29 is 14.9 Å². The molecule has 6 aromatic rings. The highest BCUT2D eigenvalue weighted by Crippen LogP contribution is 2.53. The molecule has 0 fully saturated rings. The van der Waals surface area contributed by atoms with E-state index in [-0.39, 0.29) is 35.2 Å². The van der Waals surface area contributed by atoms with Gasteiger partial charge in [0.05, 0.1) is 5.69 Å². The Morgan fingerprint density at radius 2 is 0.848 bits per heavy atom. The zero-order valence-corrected chi connectivity index (χ0v) is 43.2. The van der Waals surface area contributed by atoms with E-state index >= 15 is 0 Å². The van der Waals surface area contributed by atoms with Crippen LogP contribution in [0.2, 0.25) is 0 Å². The zero-order chi connectivity index (χ0) is 48.3. The van der Waals surface area contributed by atoms with Gasteiger partial charge < -0.3 is 19.8 Å². The van der Waals surface area contributed by atoms with Gasteiger partial charge in [-0.15, -0.1) is 0 Å². The number of anilines is 1. The van der Waals surface area contributed by atoms with Crippen LogP contribution >= 0.6 is 0 Å². The lowest BCUT2D eigenvalue weighted by molar-refractivity contribution is 0.196. The number of phenolic OH excluding ortho intramolecular Hbond substituents is 2. The standard InChI is InChI=1S/C62H79NO3/c1-36(2)46-32-48(38(5)6)58(49(33-46)39(7)8)56-27-42(13)25-54(61(56)64)52-30-45(29-44-21-18-17-19-22-44)31-53(60(52)63(15)23-20-24-66-16)55-26-43(14)28-57(62(55)65)59-50(40(9)10)34-47(37(3)4)35-51(59)41(11)12/h17-19,21-22,25-28,30-41,64-65H,20,23-24,29H2,1-16H3. The van der Waals surface area contributed by atoms with E-state index in [9.17, 15) is 10.2 Å². The molecule has 0 spiro atoms. The van der Waals surface area contributed by atoms with Crippen molar-refractivity contribution in [3.8, 4) is 56.0 Å². The van der Waals surface area contributed by atoms with Gasteiger partial charge >= 0.3 is 0 Å². The number of nitrogens with zero attached hydrogens (tertiary/aromatic N) is 1. The van der Waals surface area contributed by atoms with Crippen LogP contribution in [0.15, 0.2) is 91.0 Å². The topological polar surface area (TPSA) is 52.9 Å². The fraction of sp³-hybridized carbons (Fsp3) is 0.419. The number of benzene rings is 6. The van der Waals surface area contributed by atoms with Gasteiger partial charge in [-0.05, 0) is 165 Å². The summed E-state index contributed by atoms with van der Waals surface area (Å²) in [5.41, 5.74) is 20.5. The molecule has 2 N–H and O–H groups in total. The highest BCUT2D eigenvalue weighted by molar-refractivity contribution is 5.99. The van der Waals surface area contributed by atoms with Gasteiger partial charge in [-0.1, -0.05) is 138 Å². The molecule has 0 aliphatic rings. The quantitative estimate of drug-likeness (QED) is 0.0896. The monoisotopic (exact) mass is 886 g/mol. The van der Waals surface area contributed by atoms with Crippen LogP contribution in [0.25, 0.3) is 44.5 Å². The van der Waals surface area contributed by atoms with Crippen LogP contribution in [0, 0.1) is 13.8 Å². The Hall–Kier alpha value is -5.32. The van der Waals surface area contributed by atoms with Gasteiger partial charge in [0.25, 0.3) is 0 Å². The molecule has 0 aliphatic heterocycles. The van der Waals surface area contributed by atoms with Crippen LogP contribution in [0.3, 0.4) is 0 Å². The first-order valence-electron chi connectivity index (χ1n) is 24.7. The minimum atomic E-state index is 0.246. The maximum atomic E-state index is 13.1. The molecule has 350 valence electrons. The molecular weight excluding hydrogens is 807 g/mol. The highest BCUT2D eigenvalue weighted by atomic mass is 16.5. The van der Waals surface area contributed by atoms with Gasteiger partial charge in [-0.2, -0.15) is 0 Å². The summed E-state index contributed by atoms with van der Waals surface area (Å²) in [7, 11) is 3.90. The lowest BCUT2D eigenvalue weighted by atomic mass is 9.79. The average molecular weight is 886 g/mol. The average Bonchev–Trinajstić information content (AvgIpc) is 3.26. The lowest BCUT2D eigenvalue weighted by Crippen LogP contribution is -2.21. The van der Waals surface area contributed by atoms with Gasteiger partial charge in [0, 0.05) is 60.7 Å². The molecule has 6 rings (SSSR count). The van der Waals surface area contributed by atoms with Crippen molar-refractivity contribution in [2.45, 2.75) is 145 Å². The van der Waals surface area contributed by atoms with E-state index in [1.54, 1.807) is 7.11 Å². The van der Waals surface area contributed by atoms with E-state index in [4.69, 9.17) is 4.74 Å². The molecule has 0 bridgehead atoms. The molecule has 66 heavy (non-hydrogen) atoms. The second-order valence-electron chi connectivity index (χ2n) is 21.0. The molecule has 0 aliphatic carbocycles. The summed E-state index contributed by atoms with van der Waals surface area (Å²) in [6, 6.07) is 33.3. The molecule has 0 unspecified atom stereocenters. The number of phenols is 2. The first kappa shape index (κ1) is 50.1. The smallest absolute Gasteiger partial charge is 0.131 e. The Kier molecular flexibility index (Phi) is 16.0. The molecule has 0 saturated heterocycles. The minimum Gasteiger partial charge on any atom is -0.507 e. The molecule has 4 heteroatoms. The highest BCUT2D eigenvalue weighted by Gasteiger charge is 2.28. The van der Waals surface area contributed by atoms with Crippen LogP contribution in [0.5, 0.6) is 11.5 Å². The predicted octanol–water partition coefficient (Wildman–Crippen LogP) is 17.2. The maximum absolute atomic E-state index is 13.1. The van der Waals surface area contributed by atoms with Crippen LogP contribution in [0.4, 0.5) is 5.69 Å². The SMILES string of the molecule is COCCCN(C)c1c(-c2cc(C)cc(-c3c(C(C)C)cc(C(C)C)cc3C(C)C)c2O)cc(Cc2ccccc2)cc1-c1cc(C)cc(-c2c(C(C)C)cc(C(C)C)cc2C(C)C)c1O. The van der Waals surface area contributed by atoms with Gasteiger partial charge in [-0.25, -0.2) is 0 Å². The molecule has 0 aromatic heterocycles. The van der Waals surface area contributed by atoms with Crippen molar-refractivity contribution in [1.82, 2.24) is 0 Å². The molecule has 0 radical (unpaired) electrons. The second-order valence-corrected chi connectivity index (χ2v) is 21.0. The van der Waals surface area contributed by atoms with E-state index in [0.29, 0.717) is 31.4 Å². The van der Waals surface area contributed by atoms with E-state index < -0.39 is 0 Å². The molecular formula is C62H79NO3. The minimum absolute atomic E-state index is 0.246. The number of aryl methyl sites for hydroxylation is 2. The molecule has 0 atom stereocenters. The largest absolute Gasteiger partial charge is 0.507 e. The van der Waals surface area contributed by atoms with Gasteiger partial charge in [0.1, 0.15) is 11.5 Å². The normalized spacial score (nSPS) is 12.0. The number of rotatable bonds is 17. The third kappa shape index (κ3) is 10.6. The summed E-state index contributed by atoms with van der Waals surface area (Å²) in [5, 5.41) is 26.2. The van der Waals surface area contributed by atoms with Crippen LogP contribution in [0.1, 0.15) is 181 Å². The summed E-state index contributed by atoms with van der Waals surface area (Å²) in [4.78, 5) is 2.31. The number of aromatic hydroxyl groups is 2. The summed E-state index contributed by atoms with van der Waals surface area (Å²) in [6.45, 7) is 32.8. The maximum Gasteiger partial charge on any atom is 0.131 e. The van der Waals surface area contributed by atoms with Crippen molar-refractivity contribution in [2.24, 2.45) is 0 Å². The van der Waals surface area contributed by atoms with Crippen LogP contribution in [-0.4, -0.2) is 37.5 Å². The number of methoxy groups -OCH3 is 1. The summed E-state index contributed by atoms with van der Waals surface area (Å²) < 4.78 is 5.60. The second kappa shape index (κ2) is 21.1. The summed E-state index contributed by atoms with van der Waals surface area (Å²) in [6.07, 6.45) is 1.49. The van der Waals surface area contributed by atoms with Crippen LogP contribution < -0.4 is 4.90 Å². The first-order chi connectivity index (χ1) is 31.2. The fourth-order valence-corrected chi connectivity index (χ4v) is 9.89. The molecule has 6 aromatic carbocycles. The van der Waals surface area contributed by atoms with E-state index in [2.05, 4.69) is 200 Å². The fourth-order valence-electron chi connectivity index (χ4n) is 9.89. The molecule has 0 heterocycles. The van der Waals surface area contributed by atoms with E-state index in [1.165, 1.54) is 38.9 Å². The van der Waals surface area contributed by atoms with Gasteiger partial charge in [-0.3, -0.25) is 0 Å². The van der Waals surface area contributed by atoms with Gasteiger partial charge in [0.15, 0.2) is 0 Å². The van der Waals surface area contributed by atoms with Gasteiger partial charge in [0.2, 0.25) is 0 Å². The Morgan fingerprint density at radius 3 is 1.20 bits per heavy atom. The number of hydrogen-bond acceptors (Lipinski definition) is 4. The first-order valence-corrected chi connectivity index (χ1v) is 24.7. The molecule has 0 saturated carbocycles. The Bertz CT molecular complexity index is 2440. The van der Waals surface area contributed by atoms with Crippen molar-refractivity contribution in [2.75, 3.05) is 32.2 Å². The lowest BCUT2D eigenvalue weighted by Gasteiger charge is -2.29. The van der Waals surface area contributed by atoms with E-state index in [0.717, 1.165) is 73.3 Å². The van der Waals surface area contributed by atoms with Crippen LogP contribution in [-0.2, 0) is 11.2 Å². The van der Waals surface area contributed by atoms with Crippen molar-refractivity contribution in [3.63, 3.8) is 0 Å². The van der Waals surface area contributed by atoms with E-state index in [1.807, 2.05) is 0 Å². The number of ether oxygens (including phenoxy) is 1. The predicted molar refractivity (Wildman–Crippen MR) is 285 cm³/mol.